The molecule has 1 rings (SSSR count). The standard InChI is InChI=1S/C13H20ClNO2/c1-9-10(6-4-5-7-15)8-11(14)13(17-3)12(9)16-2/h8H,4-7,15H2,1-3H3. The zero-order chi connectivity index (χ0) is 12.8. The normalized spacial score (nSPS) is 10.4. The number of benzene rings is 1. The number of hydrogen-bond donors (Lipinski definition) is 1. The first kappa shape index (κ1) is 14.1. The number of nitrogens with two attached hydrogens (primary N) is 1. The molecule has 1 aromatic rings. The van der Waals surface area contributed by atoms with Crippen LogP contribution in [0.2, 0.25) is 5.02 Å². The van der Waals surface area contributed by atoms with Crippen LogP contribution >= 0.6 is 11.6 Å². The molecule has 0 heterocycles. The SMILES string of the molecule is COc1c(Cl)cc(CCCCN)c(C)c1OC. The minimum Gasteiger partial charge on any atom is -0.493 e. The molecule has 0 saturated heterocycles. The van der Waals surface area contributed by atoms with E-state index in [1.165, 1.54) is 5.56 Å². The van der Waals surface area contributed by atoms with E-state index in [0.29, 0.717) is 10.8 Å². The largest absolute Gasteiger partial charge is 0.493 e. The Kier molecular flexibility index (Phi) is 5.59. The van der Waals surface area contributed by atoms with Crippen molar-refractivity contribution in [1.29, 1.82) is 0 Å². The molecular formula is C13H20ClNO2. The summed E-state index contributed by atoms with van der Waals surface area (Å²) in [4.78, 5) is 0. The van der Waals surface area contributed by atoms with Crippen LogP contribution in [0.25, 0.3) is 0 Å². The van der Waals surface area contributed by atoms with Gasteiger partial charge in [0.25, 0.3) is 0 Å². The van der Waals surface area contributed by atoms with Crippen LogP contribution in [0.5, 0.6) is 11.5 Å². The van der Waals surface area contributed by atoms with E-state index in [1.54, 1.807) is 14.2 Å². The molecule has 3 nitrogen and oxygen atoms in total. The number of methoxy groups -OCH3 is 2. The number of halogens is 1. The van der Waals surface area contributed by atoms with Crippen molar-refractivity contribution in [1.82, 2.24) is 0 Å². The summed E-state index contributed by atoms with van der Waals surface area (Å²) < 4.78 is 10.6. The van der Waals surface area contributed by atoms with Crippen molar-refractivity contribution in [3.05, 3.63) is 22.2 Å². The second-order valence-corrected chi connectivity index (χ2v) is 4.36. The molecule has 0 unspecified atom stereocenters. The summed E-state index contributed by atoms with van der Waals surface area (Å²) in [5.74, 6) is 1.33. The lowest BCUT2D eigenvalue weighted by Gasteiger charge is -2.15. The summed E-state index contributed by atoms with van der Waals surface area (Å²) in [5, 5.41) is 0.595. The Morgan fingerprint density at radius 3 is 2.35 bits per heavy atom. The van der Waals surface area contributed by atoms with Gasteiger partial charge in [-0.25, -0.2) is 0 Å². The molecule has 0 aliphatic heterocycles. The molecule has 96 valence electrons. The fourth-order valence-electron chi connectivity index (χ4n) is 1.91. The quantitative estimate of drug-likeness (QED) is 0.797. The molecular weight excluding hydrogens is 238 g/mol. The first-order valence-corrected chi connectivity index (χ1v) is 6.13. The van der Waals surface area contributed by atoms with Crippen molar-refractivity contribution in [2.45, 2.75) is 26.2 Å². The van der Waals surface area contributed by atoms with Gasteiger partial charge in [-0.2, -0.15) is 0 Å². The molecule has 0 radical (unpaired) electrons. The predicted molar refractivity (Wildman–Crippen MR) is 71.3 cm³/mol. The highest BCUT2D eigenvalue weighted by Gasteiger charge is 2.15. The van der Waals surface area contributed by atoms with Gasteiger partial charge >= 0.3 is 0 Å². The second-order valence-electron chi connectivity index (χ2n) is 3.95. The fraction of sp³-hybridized carbons (Fsp3) is 0.538. The van der Waals surface area contributed by atoms with Gasteiger partial charge in [-0.15, -0.1) is 0 Å². The van der Waals surface area contributed by atoms with E-state index in [9.17, 15) is 0 Å². The highest BCUT2D eigenvalue weighted by molar-refractivity contribution is 6.32. The third kappa shape index (κ3) is 3.27. The summed E-state index contributed by atoms with van der Waals surface area (Å²) in [7, 11) is 3.22. The van der Waals surface area contributed by atoms with Gasteiger partial charge in [-0.05, 0) is 49.9 Å². The topological polar surface area (TPSA) is 44.5 Å². The lowest BCUT2D eigenvalue weighted by atomic mass is 10.0. The summed E-state index contributed by atoms with van der Waals surface area (Å²) in [6.07, 6.45) is 3.04. The average Bonchev–Trinajstić information content (AvgIpc) is 2.32. The first-order valence-electron chi connectivity index (χ1n) is 5.75. The van der Waals surface area contributed by atoms with Crippen LogP contribution in [0.1, 0.15) is 24.0 Å². The molecule has 1 aromatic carbocycles. The van der Waals surface area contributed by atoms with E-state index >= 15 is 0 Å². The molecule has 2 N–H and O–H groups in total. The van der Waals surface area contributed by atoms with Gasteiger partial charge in [0.15, 0.2) is 11.5 Å². The maximum atomic E-state index is 6.17. The lowest BCUT2D eigenvalue weighted by molar-refractivity contribution is 0.352. The first-order chi connectivity index (χ1) is 8.15. The molecule has 0 atom stereocenters. The molecule has 0 amide bonds. The molecule has 4 heteroatoms. The highest BCUT2D eigenvalue weighted by Crippen LogP contribution is 2.39. The zero-order valence-corrected chi connectivity index (χ0v) is 11.4. The number of unbranched alkanes of at least 4 members (excludes halogenated alkanes) is 1. The molecule has 0 spiro atoms. The predicted octanol–water partition coefficient (Wildman–Crippen LogP) is 2.95. The van der Waals surface area contributed by atoms with Gasteiger partial charge in [0.05, 0.1) is 19.2 Å². The van der Waals surface area contributed by atoms with Crippen LogP contribution in [-0.4, -0.2) is 20.8 Å². The molecule has 0 bridgehead atoms. The molecule has 0 fully saturated rings. The van der Waals surface area contributed by atoms with E-state index in [2.05, 4.69) is 0 Å². The Balaban J connectivity index is 3.03. The van der Waals surface area contributed by atoms with Crippen molar-refractivity contribution < 1.29 is 9.47 Å². The number of ether oxygens (including phenoxy) is 2. The van der Waals surface area contributed by atoms with Crippen LogP contribution in [0.4, 0.5) is 0 Å². The molecule has 0 saturated carbocycles. The van der Waals surface area contributed by atoms with E-state index in [4.69, 9.17) is 26.8 Å². The van der Waals surface area contributed by atoms with Crippen molar-refractivity contribution >= 4 is 11.6 Å². The van der Waals surface area contributed by atoms with Gasteiger partial charge in [0, 0.05) is 0 Å². The number of hydrogen-bond acceptors (Lipinski definition) is 3. The summed E-state index contributed by atoms with van der Waals surface area (Å²) in [5.41, 5.74) is 7.78. The fourth-order valence-corrected chi connectivity index (χ4v) is 2.20. The van der Waals surface area contributed by atoms with Crippen LogP contribution in [0.3, 0.4) is 0 Å². The molecule has 17 heavy (non-hydrogen) atoms. The van der Waals surface area contributed by atoms with Crippen LogP contribution in [-0.2, 0) is 6.42 Å². The Labute approximate surface area is 108 Å². The summed E-state index contributed by atoms with van der Waals surface area (Å²) >= 11 is 6.17. The van der Waals surface area contributed by atoms with Crippen molar-refractivity contribution in [3.8, 4) is 11.5 Å². The third-order valence-corrected chi connectivity index (χ3v) is 3.14. The van der Waals surface area contributed by atoms with Gasteiger partial charge in [-0.1, -0.05) is 11.6 Å². The smallest absolute Gasteiger partial charge is 0.179 e. The van der Waals surface area contributed by atoms with E-state index < -0.39 is 0 Å². The minimum absolute atomic E-state index is 0.595. The zero-order valence-electron chi connectivity index (χ0n) is 10.7. The maximum Gasteiger partial charge on any atom is 0.179 e. The van der Waals surface area contributed by atoms with Gasteiger partial charge in [0.1, 0.15) is 0 Å². The van der Waals surface area contributed by atoms with Crippen molar-refractivity contribution in [2.75, 3.05) is 20.8 Å². The van der Waals surface area contributed by atoms with Gasteiger partial charge in [-0.3, -0.25) is 0 Å². The molecule has 0 aliphatic rings. The summed E-state index contributed by atoms with van der Waals surface area (Å²) in [6.45, 7) is 2.75. The Hall–Kier alpha value is -0.930. The second kappa shape index (κ2) is 6.72. The van der Waals surface area contributed by atoms with Crippen molar-refractivity contribution in [3.63, 3.8) is 0 Å². The summed E-state index contributed by atoms with van der Waals surface area (Å²) in [6, 6.07) is 1.95. The van der Waals surface area contributed by atoms with E-state index in [0.717, 1.165) is 37.1 Å². The molecule has 0 aliphatic carbocycles. The van der Waals surface area contributed by atoms with Crippen LogP contribution in [0, 0.1) is 6.92 Å². The Morgan fingerprint density at radius 1 is 1.18 bits per heavy atom. The van der Waals surface area contributed by atoms with Crippen LogP contribution < -0.4 is 15.2 Å². The molecule has 0 aromatic heterocycles. The highest BCUT2D eigenvalue weighted by atomic mass is 35.5. The van der Waals surface area contributed by atoms with E-state index in [-0.39, 0.29) is 0 Å². The maximum absolute atomic E-state index is 6.17. The number of aryl methyl sites for hydroxylation is 1. The van der Waals surface area contributed by atoms with Crippen molar-refractivity contribution in [2.24, 2.45) is 5.73 Å². The lowest BCUT2D eigenvalue weighted by Crippen LogP contribution is -2.01. The Morgan fingerprint density at radius 2 is 1.82 bits per heavy atom. The Bertz CT molecular complexity index is 380. The van der Waals surface area contributed by atoms with E-state index in [1.807, 2.05) is 13.0 Å². The average molecular weight is 258 g/mol. The number of rotatable bonds is 6. The van der Waals surface area contributed by atoms with Gasteiger partial charge in [0.2, 0.25) is 0 Å². The van der Waals surface area contributed by atoms with Gasteiger partial charge < -0.3 is 15.2 Å². The van der Waals surface area contributed by atoms with Crippen LogP contribution in [0.15, 0.2) is 6.07 Å². The monoisotopic (exact) mass is 257 g/mol. The third-order valence-electron chi connectivity index (χ3n) is 2.85. The minimum atomic E-state index is 0.595.